The number of benzene rings is 1. The molecular weight excluding hydrogens is 224 g/mol. The predicted octanol–water partition coefficient (Wildman–Crippen LogP) is 2.40. The Bertz CT molecular complexity index is 361. The van der Waals surface area contributed by atoms with Crippen LogP contribution in [0.4, 0.5) is 0 Å². The van der Waals surface area contributed by atoms with Crippen molar-refractivity contribution in [1.29, 1.82) is 0 Å². The van der Waals surface area contributed by atoms with E-state index in [-0.39, 0.29) is 0 Å². The molecule has 1 aliphatic rings. The van der Waals surface area contributed by atoms with E-state index < -0.39 is 0 Å². The molecule has 0 unspecified atom stereocenters. The highest BCUT2D eigenvalue weighted by Crippen LogP contribution is 2.25. The molecule has 1 fully saturated rings. The predicted molar refractivity (Wildman–Crippen MR) is 74.7 cm³/mol. The van der Waals surface area contributed by atoms with E-state index >= 15 is 0 Å². The fourth-order valence-corrected chi connectivity index (χ4v) is 2.83. The Morgan fingerprint density at radius 2 is 2.11 bits per heavy atom. The van der Waals surface area contributed by atoms with Gasteiger partial charge in [0.1, 0.15) is 5.75 Å². The van der Waals surface area contributed by atoms with Crippen LogP contribution in [-0.2, 0) is 6.54 Å². The molecule has 0 aromatic heterocycles. The number of nitrogens with two attached hydrogens (primary N) is 1. The zero-order chi connectivity index (χ0) is 12.8. The summed E-state index contributed by atoms with van der Waals surface area (Å²) >= 11 is 0. The summed E-state index contributed by atoms with van der Waals surface area (Å²) in [7, 11) is 1.72. The van der Waals surface area contributed by atoms with E-state index in [0.717, 1.165) is 31.4 Å². The molecule has 3 heteroatoms. The third kappa shape index (κ3) is 3.47. The third-order valence-corrected chi connectivity index (χ3v) is 3.78. The highest BCUT2D eigenvalue weighted by Gasteiger charge is 2.21. The Labute approximate surface area is 110 Å². The minimum atomic E-state index is 0.722. The SMILES string of the molecule is COc1cccc(CN(CCN)C2CCCC2)c1. The zero-order valence-electron chi connectivity index (χ0n) is 11.3. The van der Waals surface area contributed by atoms with Crippen molar-refractivity contribution < 1.29 is 4.74 Å². The number of hydrogen-bond acceptors (Lipinski definition) is 3. The summed E-state index contributed by atoms with van der Waals surface area (Å²) in [6.07, 6.45) is 5.38. The van der Waals surface area contributed by atoms with Crippen molar-refractivity contribution in [3.8, 4) is 5.75 Å². The van der Waals surface area contributed by atoms with Gasteiger partial charge in [0.05, 0.1) is 7.11 Å². The maximum Gasteiger partial charge on any atom is 0.119 e. The van der Waals surface area contributed by atoms with Crippen LogP contribution in [0.2, 0.25) is 0 Å². The quantitative estimate of drug-likeness (QED) is 0.840. The first-order chi connectivity index (χ1) is 8.83. The van der Waals surface area contributed by atoms with Crippen LogP contribution in [0, 0.1) is 0 Å². The minimum Gasteiger partial charge on any atom is -0.497 e. The van der Waals surface area contributed by atoms with Gasteiger partial charge in [0.2, 0.25) is 0 Å². The van der Waals surface area contributed by atoms with Crippen LogP contribution in [0.5, 0.6) is 5.75 Å². The van der Waals surface area contributed by atoms with Crippen molar-refractivity contribution in [3.05, 3.63) is 29.8 Å². The Kier molecular flexibility index (Phi) is 5.02. The second-order valence-electron chi connectivity index (χ2n) is 5.05. The molecule has 1 aromatic carbocycles. The summed E-state index contributed by atoms with van der Waals surface area (Å²) in [6, 6.07) is 9.06. The monoisotopic (exact) mass is 248 g/mol. The normalized spacial score (nSPS) is 16.4. The van der Waals surface area contributed by atoms with E-state index in [1.807, 2.05) is 6.07 Å². The highest BCUT2D eigenvalue weighted by atomic mass is 16.5. The summed E-state index contributed by atoms with van der Waals surface area (Å²) in [6.45, 7) is 2.71. The molecule has 100 valence electrons. The van der Waals surface area contributed by atoms with Gasteiger partial charge in [-0.3, -0.25) is 4.90 Å². The first kappa shape index (κ1) is 13.4. The van der Waals surface area contributed by atoms with E-state index in [9.17, 15) is 0 Å². The van der Waals surface area contributed by atoms with Crippen molar-refractivity contribution in [2.45, 2.75) is 38.3 Å². The van der Waals surface area contributed by atoms with E-state index in [4.69, 9.17) is 10.5 Å². The molecule has 0 amide bonds. The molecule has 2 N–H and O–H groups in total. The molecule has 2 rings (SSSR count). The molecule has 0 heterocycles. The van der Waals surface area contributed by atoms with Crippen LogP contribution in [0.25, 0.3) is 0 Å². The summed E-state index contributed by atoms with van der Waals surface area (Å²) < 4.78 is 5.28. The molecule has 0 spiro atoms. The van der Waals surface area contributed by atoms with Crippen LogP contribution in [0.1, 0.15) is 31.2 Å². The van der Waals surface area contributed by atoms with Gasteiger partial charge < -0.3 is 10.5 Å². The van der Waals surface area contributed by atoms with E-state index in [1.54, 1.807) is 7.11 Å². The molecule has 1 saturated carbocycles. The molecule has 0 saturated heterocycles. The summed E-state index contributed by atoms with van der Waals surface area (Å²) in [5.41, 5.74) is 7.05. The van der Waals surface area contributed by atoms with E-state index in [2.05, 4.69) is 23.1 Å². The average molecular weight is 248 g/mol. The smallest absolute Gasteiger partial charge is 0.119 e. The van der Waals surface area contributed by atoms with Crippen LogP contribution < -0.4 is 10.5 Å². The molecule has 0 bridgehead atoms. The number of ether oxygens (including phenoxy) is 1. The Morgan fingerprint density at radius 3 is 2.78 bits per heavy atom. The van der Waals surface area contributed by atoms with Crippen molar-refractivity contribution in [2.24, 2.45) is 5.73 Å². The second kappa shape index (κ2) is 6.76. The topological polar surface area (TPSA) is 38.5 Å². The molecule has 3 nitrogen and oxygen atoms in total. The van der Waals surface area contributed by atoms with Crippen molar-refractivity contribution in [1.82, 2.24) is 4.90 Å². The van der Waals surface area contributed by atoms with E-state index in [1.165, 1.54) is 31.2 Å². The lowest BCUT2D eigenvalue weighted by atomic mass is 10.1. The van der Waals surface area contributed by atoms with Gasteiger partial charge in [0.25, 0.3) is 0 Å². The van der Waals surface area contributed by atoms with Crippen LogP contribution >= 0.6 is 0 Å². The lowest BCUT2D eigenvalue weighted by Gasteiger charge is -2.28. The van der Waals surface area contributed by atoms with Gasteiger partial charge in [-0.05, 0) is 30.5 Å². The molecule has 1 aliphatic carbocycles. The largest absolute Gasteiger partial charge is 0.497 e. The molecule has 18 heavy (non-hydrogen) atoms. The number of hydrogen-bond donors (Lipinski definition) is 1. The molecule has 1 aromatic rings. The lowest BCUT2D eigenvalue weighted by molar-refractivity contribution is 0.195. The van der Waals surface area contributed by atoms with Crippen LogP contribution in [-0.4, -0.2) is 31.1 Å². The average Bonchev–Trinajstić information content (AvgIpc) is 2.92. The fourth-order valence-electron chi connectivity index (χ4n) is 2.83. The van der Waals surface area contributed by atoms with Gasteiger partial charge in [-0.2, -0.15) is 0 Å². The Hall–Kier alpha value is -1.06. The zero-order valence-corrected chi connectivity index (χ0v) is 11.3. The molecule has 0 aliphatic heterocycles. The van der Waals surface area contributed by atoms with Crippen molar-refractivity contribution in [3.63, 3.8) is 0 Å². The van der Waals surface area contributed by atoms with Crippen molar-refractivity contribution >= 4 is 0 Å². The van der Waals surface area contributed by atoms with Gasteiger partial charge in [0.15, 0.2) is 0 Å². The maximum atomic E-state index is 5.74. The van der Waals surface area contributed by atoms with E-state index in [0.29, 0.717) is 0 Å². The van der Waals surface area contributed by atoms with Gasteiger partial charge in [-0.15, -0.1) is 0 Å². The number of methoxy groups -OCH3 is 1. The number of rotatable bonds is 6. The molecule has 0 atom stereocenters. The fraction of sp³-hybridized carbons (Fsp3) is 0.600. The molecular formula is C15H24N2O. The Morgan fingerprint density at radius 1 is 1.33 bits per heavy atom. The third-order valence-electron chi connectivity index (χ3n) is 3.78. The maximum absolute atomic E-state index is 5.74. The first-order valence-corrected chi connectivity index (χ1v) is 6.90. The summed E-state index contributed by atoms with van der Waals surface area (Å²) in [5, 5.41) is 0. The summed E-state index contributed by atoms with van der Waals surface area (Å²) in [5.74, 6) is 0.937. The summed E-state index contributed by atoms with van der Waals surface area (Å²) in [4.78, 5) is 2.53. The number of nitrogens with zero attached hydrogens (tertiary/aromatic N) is 1. The minimum absolute atomic E-state index is 0.722. The van der Waals surface area contributed by atoms with Gasteiger partial charge in [-0.25, -0.2) is 0 Å². The van der Waals surface area contributed by atoms with Gasteiger partial charge >= 0.3 is 0 Å². The van der Waals surface area contributed by atoms with Crippen LogP contribution in [0.3, 0.4) is 0 Å². The second-order valence-corrected chi connectivity index (χ2v) is 5.05. The highest BCUT2D eigenvalue weighted by molar-refractivity contribution is 5.28. The van der Waals surface area contributed by atoms with Crippen molar-refractivity contribution in [2.75, 3.05) is 20.2 Å². The van der Waals surface area contributed by atoms with Gasteiger partial charge in [0, 0.05) is 25.7 Å². The molecule has 0 radical (unpaired) electrons. The first-order valence-electron chi connectivity index (χ1n) is 6.90. The standard InChI is InChI=1S/C15H24N2O/c1-18-15-8-4-5-13(11-15)12-17(10-9-16)14-6-2-3-7-14/h4-5,8,11,14H,2-3,6-7,9-10,12,16H2,1H3. The van der Waals surface area contributed by atoms with Gasteiger partial charge in [-0.1, -0.05) is 25.0 Å². The lowest BCUT2D eigenvalue weighted by Crippen LogP contribution is -2.36. The Balaban J connectivity index is 2.02. The van der Waals surface area contributed by atoms with Crippen LogP contribution in [0.15, 0.2) is 24.3 Å².